The second-order valence-electron chi connectivity index (χ2n) is 4.94. The van der Waals surface area contributed by atoms with Crippen LogP contribution in [-0.4, -0.2) is 19.0 Å². The molecule has 2 aromatic rings. The maximum atomic E-state index is 12.2. The summed E-state index contributed by atoms with van der Waals surface area (Å²) in [7, 11) is 0. The Bertz CT molecular complexity index is 625. The number of hydrogen-bond donors (Lipinski definition) is 2. The molecule has 0 aliphatic carbocycles. The van der Waals surface area contributed by atoms with Crippen LogP contribution in [0.5, 0.6) is 0 Å². The maximum absolute atomic E-state index is 12.2. The third-order valence-electron chi connectivity index (χ3n) is 3.41. The minimum absolute atomic E-state index is 0.0468. The van der Waals surface area contributed by atoms with Crippen molar-refractivity contribution in [1.29, 1.82) is 0 Å². The molecule has 0 radical (unpaired) electrons. The van der Waals surface area contributed by atoms with Crippen molar-refractivity contribution >= 4 is 23.0 Å². The van der Waals surface area contributed by atoms with Gasteiger partial charge in [-0.15, -0.1) is 0 Å². The van der Waals surface area contributed by atoms with Crippen molar-refractivity contribution in [2.75, 3.05) is 29.0 Å². The van der Waals surface area contributed by atoms with E-state index in [4.69, 9.17) is 5.73 Å². The zero-order valence-corrected chi connectivity index (χ0v) is 12.5. The number of aryl methyl sites for hydroxylation is 1. The van der Waals surface area contributed by atoms with Gasteiger partial charge in [-0.2, -0.15) is 0 Å². The van der Waals surface area contributed by atoms with E-state index < -0.39 is 0 Å². The van der Waals surface area contributed by atoms with Gasteiger partial charge in [0.25, 0.3) is 0 Å². The van der Waals surface area contributed by atoms with Crippen LogP contribution >= 0.6 is 0 Å². The number of nitrogens with one attached hydrogen (secondary N) is 1. The van der Waals surface area contributed by atoms with Crippen LogP contribution in [0.4, 0.5) is 17.1 Å². The van der Waals surface area contributed by atoms with Crippen molar-refractivity contribution in [3.8, 4) is 0 Å². The zero-order valence-electron chi connectivity index (χ0n) is 12.5. The summed E-state index contributed by atoms with van der Waals surface area (Å²) in [5, 5.41) is 2.94. The van der Waals surface area contributed by atoms with Gasteiger partial charge in [-0.25, -0.2) is 0 Å². The highest BCUT2D eigenvalue weighted by atomic mass is 16.2. The van der Waals surface area contributed by atoms with E-state index in [2.05, 4.69) is 5.32 Å². The van der Waals surface area contributed by atoms with Gasteiger partial charge in [-0.05, 0) is 37.6 Å². The summed E-state index contributed by atoms with van der Waals surface area (Å²) in [6.07, 6.45) is 0. The molecular formula is C17H21N3O. The minimum Gasteiger partial charge on any atom is -0.397 e. The molecule has 4 heteroatoms. The summed E-state index contributed by atoms with van der Waals surface area (Å²) >= 11 is 0. The molecule has 0 aromatic heterocycles. The van der Waals surface area contributed by atoms with Gasteiger partial charge >= 0.3 is 0 Å². The van der Waals surface area contributed by atoms with Crippen molar-refractivity contribution in [3.05, 3.63) is 54.1 Å². The Morgan fingerprint density at radius 3 is 2.48 bits per heavy atom. The van der Waals surface area contributed by atoms with E-state index in [1.165, 1.54) is 0 Å². The molecule has 0 aliphatic rings. The fourth-order valence-electron chi connectivity index (χ4n) is 2.22. The molecule has 0 saturated heterocycles. The number of carbonyl (C=O) groups is 1. The Hall–Kier alpha value is -2.49. The van der Waals surface area contributed by atoms with Crippen molar-refractivity contribution in [3.63, 3.8) is 0 Å². The molecule has 0 spiro atoms. The molecule has 1 amide bonds. The number of rotatable bonds is 5. The van der Waals surface area contributed by atoms with Gasteiger partial charge in [-0.1, -0.05) is 30.3 Å². The molecule has 2 aromatic carbocycles. The Balaban J connectivity index is 2.07. The van der Waals surface area contributed by atoms with E-state index in [-0.39, 0.29) is 12.5 Å². The summed E-state index contributed by atoms with van der Waals surface area (Å²) in [6, 6.07) is 15.3. The third kappa shape index (κ3) is 3.75. The molecule has 0 aliphatic heterocycles. The average Bonchev–Trinajstić information content (AvgIpc) is 2.48. The second-order valence-corrected chi connectivity index (χ2v) is 4.94. The van der Waals surface area contributed by atoms with Crippen molar-refractivity contribution in [1.82, 2.24) is 0 Å². The van der Waals surface area contributed by atoms with Crippen LogP contribution in [0.2, 0.25) is 0 Å². The Kier molecular flexibility index (Phi) is 4.82. The summed E-state index contributed by atoms with van der Waals surface area (Å²) in [4.78, 5) is 14.2. The number of nitrogen functional groups attached to an aromatic ring is 1. The lowest BCUT2D eigenvalue weighted by molar-refractivity contribution is -0.115. The first-order chi connectivity index (χ1) is 10.1. The van der Waals surface area contributed by atoms with Crippen LogP contribution in [0, 0.1) is 6.92 Å². The van der Waals surface area contributed by atoms with E-state index in [0.29, 0.717) is 5.69 Å². The number of nitrogens with zero attached hydrogens (tertiary/aromatic N) is 1. The lowest BCUT2D eigenvalue weighted by atomic mass is 10.2. The number of carbonyl (C=O) groups excluding carboxylic acids is 1. The fraction of sp³-hybridized carbons (Fsp3) is 0.235. The smallest absolute Gasteiger partial charge is 0.243 e. The lowest BCUT2D eigenvalue weighted by Gasteiger charge is -2.24. The molecule has 0 unspecified atom stereocenters. The molecule has 0 bridgehead atoms. The first-order valence-corrected chi connectivity index (χ1v) is 7.06. The highest BCUT2D eigenvalue weighted by molar-refractivity contribution is 5.95. The largest absolute Gasteiger partial charge is 0.397 e. The van der Waals surface area contributed by atoms with Crippen molar-refractivity contribution < 1.29 is 4.79 Å². The number of hydrogen-bond acceptors (Lipinski definition) is 3. The van der Waals surface area contributed by atoms with Gasteiger partial charge in [0.1, 0.15) is 0 Å². The summed E-state index contributed by atoms with van der Waals surface area (Å²) < 4.78 is 0. The molecule has 2 rings (SSSR count). The van der Waals surface area contributed by atoms with Gasteiger partial charge in [0.05, 0.1) is 17.9 Å². The molecule has 0 atom stereocenters. The number of anilines is 3. The van der Waals surface area contributed by atoms with Crippen LogP contribution in [0.3, 0.4) is 0 Å². The molecule has 3 N–H and O–H groups in total. The first kappa shape index (κ1) is 14.9. The summed E-state index contributed by atoms with van der Waals surface area (Å²) in [6.45, 7) is 4.98. The van der Waals surface area contributed by atoms with Crippen LogP contribution < -0.4 is 16.0 Å². The normalized spacial score (nSPS) is 10.2. The Labute approximate surface area is 125 Å². The van der Waals surface area contributed by atoms with Gasteiger partial charge in [-0.3, -0.25) is 4.79 Å². The number of benzene rings is 2. The SMILES string of the molecule is CCN(CC(=O)Nc1ccccc1C)c1ccccc1N. The number of nitrogens with two attached hydrogens (primary N) is 1. The first-order valence-electron chi connectivity index (χ1n) is 7.06. The van der Waals surface area contributed by atoms with E-state index in [1.54, 1.807) is 0 Å². The zero-order chi connectivity index (χ0) is 15.2. The number of amides is 1. The fourth-order valence-corrected chi connectivity index (χ4v) is 2.22. The van der Waals surface area contributed by atoms with Crippen LogP contribution in [-0.2, 0) is 4.79 Å². The van der Waals surface area contributed by atoms with Gasteiger partial charge in [0, 0.05) is 12.2 Å². The quantitative estimate of drug-likeness (QED) is 0.829. The molecule has 21 heavy (non-hydrogen) atoms. The molecular weight excluding hydrogens is 262 g/mol. The highest BCUT2D eigenvalue weighted by Crippen LogP contribution is 2.22. The molecule has 0 saturated carbocycles. The van der Waals surface area contributed by atoms with Crippen LogP contribution in [0.1, 0.15) is 12.5 Å². The molecule has 4 nitrogen and oxygen atoms in total. The average molecular weight is 283 g/mol. The standard InChI is InChI=1S/C17H21N3O/c1-3-20(16-11-7-5-9-14(16)18)12-17(21)19-15-10-6-4-8-13(15)2/h4-11H,3,12,18H2,1-2H3,(H,19,21). The predicted octanol–water partition coefficient (Wildman–Crippen LogP) is 3.04. The van der Waals surface area contributed by atoms with Gasteiger partial charge in [0.15, 0.2) is 0 Å². The Morgan fingerprint density at radius 2 is 1.81 bits per heavy atom. The molecule has 0 heterocycles. The topological polar surface area (TPSA) is 58.4 Å². The second kappa shape index (κ2) is 6.79. The van der Waals surface area contributed by atoms with Gasteiger partial charge in [0.2, 0.25) is 5.91 Å². The summed E-state index contributed by atoms with van der Waals surface area (Å²) in [5.41, 5.74) is 9.44. The number of para-hydroxylation sites is 3. The molecule has 110 valence electrons. The van der Waals surface area contributed by atoms with Gasteiger partial charge < -0.3 is 16.0 Å². The summed E-state index contributed by atoms with van der Waals surface area (Å²) in [5.74, 6) is -0.0468. The minimum atomic E-state index is -0.0468. The molecule has 0 fully saturated rings. The van der Waals surface area contributed by atoms with E-state index in [0.717, 1.165) is 23.5 Å². The van der Waals surface area contributed by atoms with Crippen LogP contribution in [0.15, 0.2) is 48.5 Å². The van der Waals surface area contributed by atoms with E-state index >= 15 is 0 Å². The van der Waals surface area contributed by atoms with Crippen molar-refractivity contribution in [2.45, 2.75) is 13.8 Å². The van der Waals surface area contributed by atoms with E-state index in [1.807, 2.05) is 67.3 Å². The van der Waals surface area contributed by atoms with Crippen LogP contribution in [0.25, 0.3) is 0 Å². The van der Waals surface area contributed by atoms with E-state index in [9.17, 15) is 4.79 Å². The number of likely N-dealkylation sites (N-methyl/N-ethyl adjacent to an activating group) is 1. The monoisotopic (exact) mass is 283 g/mol. The maximum Gasteiger partial charge on any atom is 0.243 e. The predicted molar refractivity (Wildman–Crippen MR) is 88.6 cm³/mol. The van der Waals surface area contributed by atoms with Crippen molar-refractivity contribution in [2.24, 2.45) is 0 Å². The Morgan fingerprint density at radius 1 is 1.14 bits per heavy atom. The lowest BCUT2D eigenvalue weighted by Crippen LogP contribution is -2.33. The highest BCUT2D eigenvalue weighted by Gasteiger charge is 2.12. The third-order valence-corrected chi connectivity index (χ3v) is 3.41.